The molecule has 0 unspecified atom stereocenters. The fourth-order valence-electron chi connectivity index (χ4n) is 2.18. The molecule has 0 radical (unpaired) electrons. The van der Waals surface area contributed by atoms with Gasteiger partial charge in [-0.25, -0.2) is 14.6 Å². The van der Waals surface area contributed by atoms with Gasteiger partial charge in [0.2, 0.25) is 0 Å². The van der Waals surface area contributed by atoms with Crippen LogP contribution in [-0.2, 0) is 9.53 Å². The van der Waals surface area contributed by atoms with Crippen molar-refractivity contribution in [3.63, 3.8) is 0 Å². The number of nitrogens with one attached hydrogen (secondary N) is 1. The van der Waals surface area contributed by atoms with E-state index in [1.54, 1.807) is 31.2 Å². The first-order valence-electron chi connectivity index (χ1n) is 8.48. The quantitative estimate of drug-likeness (QED) is 0.415. The molecule has 0 atom stereocenters. The number of methoxy groups -OCH3 is 1. The summed E-state index contributed by atoms with van der Waals surface area (Å²) >= 11 is 0. The number of benzene rings is 2. The summed E-state index contributed by atoms with van der Waals surface area (Å²) in [5, 5.41) is 12.5. The summed E-state index contributed by atoms with van der Waals surface area (Å²) in [5.41, 5.74) is 2.66. The van der Waals surface area contributed by atoms with Crippen LogP contribution in [0.4, 0.5) is 4.39 Å². The Hall–Kier alpha value is -3.93. The van der Waals surface area contributed by atoms with Gasteiger partial charge in [0.05, 0.1) is 37.1 Å². The summed E-state index contributed by atoms with van der Waals surface area (Å²) in [7, 11) is 1.26. The highest BCUT2D eigenvalue weighted by Gasteiger charge is 2.12. The predicted molar refractivity (Wildman–Crippen MR) is 101 cm³/mol. The van der Waals surface area contributed by atoms with Crippen LogP contribution in [0.1, 0.15) is 28.4 Å². The van der Waals surface area contributed by atoms with Crippen LogP contribution in [0.25, 0.3) is 0 Å². The third-order valence-corrected chi connectivity index (χ3v) is 3.56. The smallest absolute Gasteiger partial charge is 0.343 e. The minimum atomic E-state index is -0.817. The molecular formula is C20H18FN3O5. The van der Waals surface area contributed by atoms with Gasteiger partial charge < -0.3 is 14.2 Å². The van der Waals surface area contributed by atoms with Gasteiger partial charge in [-0.05, 0) is 48.9 Å². The third kappa shape index (κ3) is 6.04. The molecule has 0 aliphatic carbocycles. The lowest BCUT2D eigenvalue weighted by Crippen LogP contribution is -2.19. The summed E-state index contributed by atoms with van der Waals surface area (Å²) in [4.78, 5) is 23.2. The Morgan fingerprint density at radius 2 is 2.00 bits per heavy atom. The molecule has 2 aromatic rings. The van der Waals surface area contributed by atoms with E-state index in [-0.39, 0.29) is 17.7 Å². The van der Waals surface area contributed by atoms with Crippen LogP contribution in [-0.4, -0.2) is 38.4 Å². The number of carbonyl (C=O) groups is 2. The van der Waals surface area contributed by atoms with Gasteiger partial charge in [0, 0.05) is 0 Å². The molecule has 0 heterocycles. The van der Waals surface area contributed by atoms with Crippen molar-refractivity contribution in [2.24, 2.45) is 5.10 Å². The van der Waals surface area contributed by atoms with Crippen LogP contribution in [0.15, 0.2) is 41.5 Å². The average molecular weight is 399 g/mol. The first-order chi connectivity index (χ1) is 14.0. The minimum absolute atomic E-state index is 0.112. The Labute approximate surface area is 166 Å². The molecule has 1 N–H and O–H groups in total. The van der Waals surface area contributed by atoms with Gasteiger partial charge in [-0.2, -0.15) is 10.4 Å². The number of halogens is 1. The highest BCUT2D eigenvalue weighted by molar-refractivity contribution is 5.95. The Kier molecular flexibility index (Phi) is 7.68. The van der Waals surface area contributed by atoms with Crippen molar-refractivity contribution in [3.05, 3.63) is 58.9 Å². The minimum Gasteiger partial charge on any atom is -0.490 e. The number of nitrogens with zero attached hydrogens (tertiary/aromatic N) is 2. The highest BCUT2D eigenvalue weighted by atomic mass is 19.1. The fraction of sp³-hybridized carbons (Fsp3) is 0.200. The third-order valence-electron chi connectivity index (χ3n) is 3.56. The van der Waals surface area contributed by atoms with Crippen molar-refractivity contribution in [1.29, 1.82) is 5.26 Å². The summed E-state index contributed by atoms with van der Waals surface area (Å²) in [6.07, 6.45) is 1.34. The summed E-state index contributed by atoms with van der Waals surface area (Å²) < 4.78 is 29.2. The predicted octanol–water partition coefficient (Wildman–Crippen LogP) is 2.41. The SMILES string of the molecule is CCOc1cc(/C=N\NC(=O)c2ccc(C#N)cc2F)ccc1OCC(=O)OC. The normalized spacial score (nSPS) is 10.3. The van der Waals surface area contributed by atoms with E-state index >= 15 is 0 Å². The summed E-state index contributed by atoms with van der Waals surface area (Å²) in [6, 6.07) is 10.1. The van der Waals surface area contributed by atoms with E-state index in [1.807, 2.05) is 0 Å². The molecule has 8 nitrogen and oxygen atoms in total. The molecule has 150 valence electrons. The van der Waals surface area contributed by atoms with Gasteiger partial charge in [-0.3, -0.25) is 4.79 Å². The lowest BCUT2D eigenvalue weighted by Gasteiger charge is -2.11. The van der Waals surface area contributed by atoms with Crippen LogP contribution in [0.3, 0.4) is 0 Å². The maximum absolute atomic E-state index is 13.8. The molecule has 0 aliphatic rings. The Bertz CT molecular complexity index is 969. The average Bonchev–Trinajstić information content (AvgIpc) is 2.72. The van der Waals surface area contributed by atoms with Crippen molar-refractivity contribution in [1.82, 2.24) is 5.43 Å². The standard InChI is InChI=1S/C20H18FN3O5/c1-3-28-18-9-14(5-7-17(18)29-12-19(25)27-2)11-23-24-20(26)15-6-4-13(10-22)8-16(15)21/h4-9,11H,3,12H2,1-2H3,(H,24,26)/b23-11-. The highest BCUT2D eigenvalue weighted by Crippen LogP contribution is 2.28. The van der Waals surface area contributed by atoms with Gasteiger partial charge in [-0.1, -0.05) is 0 Å². The van der Waals surface area contributed by atoms with Crippen LogP contribution in [0, 0.1) is 17.1 Å². The Morgan fingerprint density at radius 1 is 1.21 bits per heavy atom. The molecule has 0 fully saturated rings. The number of nitriles is 1. The molecule has 0 bridgehead atoms. The number of ether oxygens (including phenoxy) is 3. The van der Waals surface area contributed by atoms with Gasteiger partial charge >= 0.3 is 5.97 Å². The largest absolute Gasteiger partial charge is 0.490 e. The van der Waals surface area contributed by atoms with Crippen LogP contribution in [0.5, 0.6) is 11.5 Å². The lowest BCUT2D eigenvalue weighted by atomic mass is 10.1. The topological polar surface area (TPSA) is 110 Å². The molecule has 2 rings (SSSR count). The van der Waals surface area contributed by atoms with Crippen LogP contribution in [0.2, 0.25) is 0 Å². The summed E-state index contributed by atoms with van der Waals surface area (Å²) in [5.74, 6) is -1.38. The van der Waals surface area contributed by atoms with Crippen molar-refractivity contribution < 1.29 is 28.2 Å². The molecule has 0 spiro atoms. The molecule has 2 aromatic carbocycles. The van der Waals surface area contributed by atoms with E-state index in [9.17, 15) is 14.0 Å². The number of carbonyl (C=O) groups excluding carboxylic acids is 2. The summed E-state index contributed by atoms with van der Waals surface area (Å²) in [6.45, 7) is 1.89. The van der Waals surface area contributed by atoms with Crippen molar-refractivity contribution in [2.75, 3.05) is 20.3 Å². The fourth-order valence-corrected chi connectivity index (χ4v) is 2.18. The zero-order chi connectivity index (χ0) is 21.2. The number of amides is 1. The van der Waals surface area contributed by atoms with E-state index in [2.05, 4.69) is 15.3 Å². The van der Waals surface area contributed by atoms with Crippen LogP contribution >= 0.6 is 0 Å². The number of hydrogen-bond donors (Lipinski definition) is 1. The zero-order valence-corrected chi connectivity index (χ0v) is 15.8. The lowest BCUT2D eigenvalue weighted by molar-refractivity contribution is -0.142. The van der Waals surface area contributed by atoms with Gasteiger partial charge in [0.25, 0.3) is 5.91 Å². The zero-order valence-electron chi connectivity index (χ0n) is 15.8. The number of rotatable bonds is 8. The molecule has 29 heavy (non-hydrogen) atoms. The molecular weight excluding hydrogens is 381 g/mol. The van der Waals surface area contributed by atoms with E-state index in [0.29, 0.717) is 23.7 Å². The first-order valence-corrected chi connectivity index (χ1v) is 8.48. The Balaban J connectivity index is 2.07. The van der Waals surface area contributed by atoms with Crippen molar-refractivity contribution >= 4 is 18.1 Å². The van der Waals surface area contributed by atoms with Gasteiger partial charge in [0.1, 0.15) is 5.82 Å². The molecule has 0 aromatic heterocycles. The maximum Gasteiger partial charge on any atom is 0.343 e. The number of hydrazone groups is 1. The molecule has 9 heteroatoms. The van der Waals surface area contributed by atoms with Gasteiger partial charge in [0.15, 0.2) is 18.1 Å². The maximum atomic E-state index is 13.8. The van der Waals surface area contributed by atoms with E-state index in [0.717, 1.165) is 6.07 Å². The van der Waals surface area contributed by atoms with Crippen molar-refractivity contribution in [2.45, 2.75) is 6.92 Å². The second-order valence-electron chi connectivity index (χ2n) is 5.51. The van der Waals surface area contributed by atoms with Gasteiger partial charge in [-0.15, -0.1) is 0 Å². The monoisotopic (exact) mass is 399 g/mol. The number of esters is 1. The Morgan fingerprint density at radius 3 is 2.66 bits per heavy atom. The molecule has 1 amide bonds. The first kappa shape index (κ1) is 21.4. The van der Waals surface area contributed by atoms with E-state index in [4.69, 9.17) is 14.7 Å². The van der Waals surface area contributed by atoms with E-state index < -0.39 is 17.7 Å². The van der Waals surface area contributed by atoms with Crippen molar-refractivity contribution in [3.8, 4) is 17.6 Å². The second-order valence-corrected chi connectivity index (χ2v) is 5.51. The number of hydrogen-bond acceptors (Lipinski definition) is 7. The molecule has 0 saturated heterocycles. The van der Waals surface area contributed by atoms with E-state index in [1.165, 1.54) is 25.5 Å². The molecule has 0 saturated carbocycles. The molecule has 0 aliphatic heterocycles. The van der Waals surface area contributed by atoms with Crippen LogP contribution < -0.4 is 14.9 Å². The second kappa shape index (κ2) is 10.4.